The van der Waals surface area contributed by atoms with Gasteiger partial charge in [0.15, 0.2) is 0 Å². The first kappa shape index (κ1) is 32.8. The summed E-state index contributed by atoms with van der Waals surface area (Å²) in [6.45, 7) is 5.84. The van der Waals surface area contributed by atoms with Crippen LogP contribution in [0.15, 0.2) is 108 Å². The zero-order valence-corrected chi connectivity index (χ0v) is 26.8. The van der Waals surface area contributed by atoms with Crippen LogP contribution >= 0.6 is 11.6 Å². The minimum absolute atomic E-state index is 0.0440. The van der Waals surface area contributed by atoms with E-state index in [1.54, 1.807) is 30.3 Å². The number of benzene rings is 4. The van der Waals surface area contributed by atoms with Gasteiger partial charge in [0.25, 0.3) is 10.0 Å². The number of nitrogens with one attached hydrogen (secondary N) is 1. The number of carbonyl (C=O) groups excluding carboxylic acids is 2. The van der Waals surface area contributed by atoms with Gasteiger partial charge in [-0.2, -0.15) is 0 Å². The second-order valence-electron chi connectivity index (χ2n) is 10.8. The van der Waals surface area contributed by atoms with Crippen LogP contribution in [0.4, 0.5) is 5.69 Å². The predicted molar refractivity (Wildman–Crippen MR) is 176 cm³/mol. The van der Waals surface area contributed by atoms with Crippen LogP contribution in [0.1, 0.15) is 35.6 Å². The molecule has 4 aromatic carbocycles. The Bertz CT molecular complexity index is 1660. The fraction of sp³-hybridized carbons (Fsp3) is 0.257. The van der Waals surface area contributed by atoms with Crippen LogP contribution in [0.3, 0.4) is 0 Å². The third kappa shape index (κ3) is 8.49. The van der Waals surface area contributed by atoms with E-state index in [1.165, 1.54) is 23.1 Å². The van der Waals surface area contributed by atoms with Gasteiger partial charge in [-0.15, -0.1) is 0 Å². The first-order valence-electron chi connectivity index (χ1n) is 14.6. The SMILES string of the molecule is CCCNC(=O)C(Cc1ccccc1)N(Cc1ccc(C)cc1)C(=O)CN(c1cccc(Cl)c1)S(=O)(=O)c1ccc(C)cc1. The number of halogens is 1. The van der Waals surface area contributed by atoms with Crippen LogP contribution in [0.25, 0.3) is 0 Å². The summed E-state index contributed by atoms with van der Waals surface area (Å²) in [5, 5.41) is 3.28. The molecule has 4 rings (SSSR count). The highest BCUT2D eigenvalue weighted by Crippen LogP contribution is 2.27. The molecule has 2 amide bonds. The number of hydrogen-bond acceptors (Lipinski definition) is 4. The van der Waals surface area contributed by atoms with Gasteiger partial charge in [0, 0.05) is 24.5 Å². The summed E-state index contributed by atoms with van der Waals surface area (Å²) in [5.41, 5.74) is 3.91. The fourth-order valence-electron chi connectivity index (χ4n) is 4.81. The highest BCUT2D eigenvalue weighted by atomic mass is 35.5. The maximum Gasteiger partial charge on any atom is 0.264 e. The number of sulfonamides is 1. The molecule has 230 valence electrons. The van der Waals surface area contributed by atoms with Gasteiger partial charge < -0.3 is 10.2 Å². The zero-order chi connectivity index (χ0) is 31.7. The lowest BCUT2D eigenvalue weighted by molar-refractivity contribution is -0.140. The van der Waals surface area contributed by atoms with E-state index in [1.807, 2.05) is 75.4 Å². The Morgan fingerprint density at radius 2 is 1.45 bits per heavy atom. The van der Waals surface area contributed by atoms with Crippen molar-refractivity contribution in [1.82, 2.24) is 10.2 Å². The van der Waals surface area contributed by atoms with Gasteiger partial charge in [-0.05, 0) is 61.7 Å². The normalized spacial score (nSPS) is 11.9. The topological polar surface area (TPSA) is 86.8 Å². The summed E-state index contributed by atoms with van der Waals surface area (Å²) in [5.74, 6) is -0.819. The second kappa shape index (κ2) is 15.0. The quantitative estimate of drug-likeness (QED) is 0.187. The minimum Gasteiger partial charge on any atom is -0.354 e. The summed E-state index contributed by atoms with van der Waals surface area (Å²) in [6, 6.07) is 29.2. The Labute approximate surface area is 265 Å². The first-order chi connectivity index (χ1) is 21.1. The van der Waals surface area contributed by atoms with Crippen LogP contribution in [0, 0.1) is 13.8 Å². The molecule has 9 heteroatoms. The van der Waals surface area contributed by atoms with Crippen molar-refractivity contribution >= 4 is 39.1 Å². The van der Waals surface area contributed by atoms with Crippen LogP contribution in [-0.2, 0) is 32.6 Å². The molecule has 0 aliphatic rings. The Kier molecular flexibility index (Phi) is 11.2. The molecule has 0 aliphatic carbocycles. The van der Waals surface area contributed by atoms with Gasteiger partial charge in [0.2, 0.25) is 11.8 Å². The van der Waals surface area contributed by atoms with Crippen molar-refractivity contribution in [3.63, 3.8) is 0 Å². The highest BCUT2D eigenvalue weighted by Gasteiger charge is 2.34. The number of anilines is 1. The molecular formula is C35H38ClN3O4S. The van der Waals surface area contributed by atoms with E-state index >= 15 is 0 Å². The number of rotatable bonds is 13. The highest BCUT2D eigenvalue weighted by molar-refractivity contribution is 7.92. The van der Waals surface area contributed by atoms with Crippen molar-refractivity contribution in [1.29, 1.82) is 0 Å². The number of nitrogens with zero attached hydrogens (tertiary/aromatic N) is 2. The van der Waals surface area contributed by atoms with Gasteiger partial charge in [-0.25, -0.2) is 8.42 Å². The lowest BCUT2D eigenvalue weighted by atomic mass is 10.0. The molecule has 1 unspecified atom stereocenters. The van der Waals surface area contributed by atoms with Gasteiger partial charge in [-0.1, -0.05) is 102 Å². The molecule has 0 bridgehead atoms. The summed E-state index contributed by atoms with van der Waals surface area (Å²) in [7, 11) is -4.19. The Morgan fingerprint density at radius 1 is 0.818 bits per heavy atom. The van der Waals surface area contributed by atoms with E-state index < -0.39 is 28.5 Å². The molecule has 4 aromatic rings. The third-order valence-electron chi connectivity index (χ3n) is 7.28. The van der Waals surface area contributed by atoms with Gasteiger partial charge in [-0.3, -0.25) is 13.9 Å². The van der Waals surface area contributed by atoms with E-state index in [9.17, 15) is 18.0 Å². The van der Waals surface area contributed by atoms with Crippen molar-refractivity contribution in [3.05, 3.63) is 130 Å². The number of amides is 2. The van der Waals surface area contributed by atoms with Crippen molar-refractivity contribution < 1.29 is 18.0 Å². The van der Waals surface area contributed by atoms with E-state index in [0.29, 0.717) is 11.6 Å². The smallest absolute Gasteiger partial charge is 0.264 e. The molecule has 1 N–H and O–H groups in total. The molecular weight excluding hydrogens is 594 g/mol. The summed E-state index contributed by atoms with van der Waals surface area (Å²) >= 11 is 6.29. The predicted octanol–water partition coefficient (Wildman–Crippen LogP) is 6.32. The van der Waals surface area contributed by atoms with Crippen LogP contribution in [-0.4, -0.2) is 44.3 Å². The maximum absolute atomic E-state index is 14.4. The number of hydrogen-bond donors (Lipinski definition) is 1. The number of aryl methyl sites for hydroxylation is 2. The fourth-order valence-corrected chi connectivity index (χ4v) is 6.40. The molecule has 44 heavy (non-hydrogen) atoms. The summed E-state index contributed by atoms with van der Waals surface area (Å²) < 4.78 is 29.2. The maximum atomic E-state index is 14.4. The van der Waals surface area contributed by atoms with E-state index in [-0.39, 0.29) is 29.5 Å². The van der Waals surface area contributed by atoms with Crippen LogP contribution in [0.5, 0.6) is 0 Å². The van der Waals surface area contributed by atoms with Gasteiger partial charge in [0.1, 0.15) is 12.6 Å². The summed E-state index contributed by atoms with van der Waals surface area (Å²) in [6.07, 6.45) is 0.989. The molecule has 0 fully saturated rings. The van der Waals surface area contributed by atoms with Crippen LogP contribution < -0.4 is 9.62 Å². The van der Waals surface area contributed by atoms with Crippen LogP contribution in [0.2, 0.25) is 5.02 Å². The lowest BCUT2D eigenvalue weighted by Gasteiger charge is -2.34. The Hall–Kier alpha value is -4.14. The monoisotopic (exact) mass is 631 g/mol. The molecule has 0 heterocycles. The van der Waals surface area contributed by atoms with E-state index in [2.05, 4.69) is 5.32 Å². The number of carbonyl (C=O) groups is 2. The molecule has 1 atom stereocenters. The Balaban J connectivity index is 1.79. The van der Waals surface area contributed by atoms with Crippen molar-refractivity contribution in [2.24, 2.45) is 0 Å². The summed E-state index contributed by atoms with van der Waals surface area (Å²) in [4.78, 5) is 29.7. The average molecular weight is 632 g/mol. The van der Waals surface area contributed by atoms with Gasteiger partial charge in [0.05, 0.1) is 10.6 Å². The zero-order valence-electron chi connectivity index (χ0n) is 25.2. The molecule has 0 saturated heterocycles. The van der Waals surface area contributed by atoms with E-state index in [4.69, 9.17) is 11.6 Å². The molecule has 0 spiro atoms. The molecule has 0 radical (unpaired) electrons. The molecule has 0 aliphatic heterocycles. The largest absolute Gasteiger partial charge is 0.354 e. The van der Waals surface area contributed by atoms with Gasteiger partial charge >= 0.3 is 0 Å². The van der Waals surface area contributed by atoms with Crippen molar-refractivity contribution in [2.45, 2.75) is 51.1 Å². The average Bonchev–Trinajstić information content (AvgIpc) is 3.01. The Morgan fingerprint density at radius 3 is 2.07 bits per heavy atom. The molecule has 7 nitrogen and oxygen atoms in total. The minimum atomic E-state index is -4.19. The third-order valence-corrected chi connectivity index (χ3v) is 9.30. The lowest BCUT2D eigenvalue weighted by Crippen LogP contribution is -2.53. The van der Waals surface area contributed by atoms with Crippen molar-refractivity contribution in [2.75, 3.05) is 17.4 Å². The molecule has 0 aromatic heterocycles. The van der Waals surface area contributed by atoms with E-state index in [0.717, 1.165) is 33.0 Å². The van der Waals surface area contributed by atoms with Crippen molar-refractivity contribution in [3.8, 4) is 0 Å². The first-order valence-corrected chi connectivity index (χ1v) is 16.4. The molecule has 0 saturated carbocycles. The standard InChI is InChI=1S/C35H38ClN3O4S/c1-4-21-37-35(41)33(22-28-9-6-5-7-10-28)38(24-29-17-13-26(2)14-18-29)34(40)25-39(31-12-8-11-30(36)23-31)44(42,43)32-19-15-27(3)16-20-32/h5-20,23,33H,4,21-22,24-25H2,1-3H3,(H,37,41). The second-order valence-corrected chi connectivity index (χ2v) is 13.1.